The van der Waals surface area contributed by atoms with Crippen LogP contribution in [0.2, 0.25) is 5.02 Å². The van der Waals surface area contributed by atoms with Gasteiger partial charge in [-0.25, -0.2) is 4.39 Å². The highest BCUT2D eigenvalue weighted by molar-refractivity contribution is 7.98. The first-order valence-electron chi connectivity index (χ1n) is 5.29. The van der Waals surface area contributed by atoms with Gasteiger partial charge in [0.05, 0.1) is 0 Å². The molecule has 0 saturated heterocycles. The van der Waals surface area contributed by atoms with E-state index in [-0.39, 0.29) is 5.82 Å². The number of halogens is 2. The normalized spacial score (nSPS) is 12.8. The second-order valence-electron chi connectivity index (χ2n) is 3.84. The smallest absolute Gasteiger partial charge is 0.125 e. The number of nitrogens with one attached hydrogen (secondary N) is 1. The summed E-state index contributed by atoms with van der Waals surface area (Å²) in [5.74, 6) is 0.860. The fraction of sp³-hybridized carbons (Fsp3) is 0.500. The van der Waals surface area contributed by atoms with Crippen molar-refractivity contribution in [1.82, 2.24) is 5.32 Å². The van der Waals surface area contributed by atoms with Gasteiger partial charge in [-0.05, 0) is 49.1 Å². The molecule has 4 heteroatoms. The maximum Gasteiger partial charge on any atom is 0.125 e. The number of thioether (sulfide) groups is 1. The van der Waals surface area contributed by atoms with Gasteiger partial charge in [0.1, 0.15) is 5.82 Å². The molecular formula is C12H17ClFNS. The van der Waals surface area contributed by atoms with Crippen LogP contribution in [0.25, 0.3) is 0 Å². The summed E-state index contributed by atoms with van der Waals surface area (Å²) in [4.78, 5) is 0. The van der Waals surface area contributed by atoms with E-state index in [1.807, 2.05) is 11.8 Å². The van der Waals surface area contributed by atoms with Crippen molar-refractivity contribution in [1.29, 1.82) is 0 Å². The van der Waals surface area contributed by atoms with E-state index in [1.165, 1.54) is 12.1 Å². The van der Waals surface area contributed by atoms with E-state index in [0.717, 1.165) is 17.7 Å². The molecule has 0 fully saturated rings. The quantitative estimate of drug-likeness (QED) is 0.838. The van der Waals surface area contributed by atoms with E-state index in [4.69, 9.17) is 11.6 Å². The Kier molecular flexibility index (Phi) is 6.17. The topological polar surface area (TPSA) is 12.0 Å². The number of hydrogen-bond acceptors (Lipinski definition) is 2. The molecule has 1 aromatic carbocycles. The fourth-order valence-corrected chi connectivity index (χ4v) is 2.24. The third-order valence-electron chi connectivity index (χ3n) is 2.33. The SMILES string of the molecule is CSCCC(C)NCc1cc(F)cc(Cl)c1. The zero-order valence-electron chi connectivity index (χ0n) is 9.59. The monoisotopic (exact) mass is 261 g/mol. The second kappa shape index (κ2) is 7.15. The summed E-state index contributed by atoms with van der Waals surface area (Å²) in [6, 6.07) is 5.07. The molecule has 1 atom stereocenters. The van der Waals surface area contributed by atoms with Crippen LogP contribution < -0.4 is 5.32 Å². The van der Waals surface area contributed by atoms with Gasteiger partial charge < -0.3 is 5.32 Å². The van der Waals surface area contributed by atoms with Crippen molar-refractivity contribution < 1.29 is 4.39 Å². The highest BCUT2D eigenvalue weighted by Gasteiger charge is 2.03. The van der Waals surface area contributed by atoms with Crippen molar-refractivity contribution in [2.75, 3.05) is 12.0 Å². The van der Waals surface area contributed by atoms with E-state index in [2.05, 4.69) is 18.5 Å². The molecule has 0 aliphatic heterocycles. The second-order valence-corrected chi connectivity index (χ2v) is 5.26. The van der Waals surface area contributed by atoms with Crippen LogP contribution in [-0.4, -0.2) is 18.1 Å². The zero-order chi connectivity index (χ0) is 12.0. The number of hydrogen-bond donors (Lipinski definition) is 1. The lowest BCUT2D eigenvalue weighted by atomic mass is 10.2. The zero-order valence-corrected chi connectivity index (χ0v) is 11.2. The molecule has 0 amide bonds. The van der Waals surface area contributed by atoms with Crippen LogP contribution in [-0.2, 0) is 6.54 Å². The van der Waals surface area contributed by atoms with E-state index in [0.29, 0.717) is 17.6 Å². The summed E-state index contributed by atoms with van der Waals surface area (Å²) in [6.45, 7) is 2.80. The minimum Gasteiger partial charge on any atom is -0.310 e. The van der Waals surface area contributed by atoms with Crippen LogP contribution >= 0.6 is 23.4 Å². The van der Waals surface area contributed by atoms with Crippen LogP contribution in [0.4, 0.5) is 4.39 Å². The van der Waals surface area contributed by atoms with Gasteiger partial charge in [0.25, 0.3) is 0 Å². The third kappa shape index (κ3) is 5.19. The molecule has 0 aliphatic carbocycles. The van der Waals surface area contributed by atoms with Crippen molar-refractivity contribution in [3.05, 3.63) is 34.6 Å². The molecule has 0 spiro atoms. The predicted octanol–water partition coefficient (Wildman–Crippen LogP) is 3.71. The van der Waals surface area contributed by atoms with Gasteiger partial charge >= 0.3 is 0 Å². The van der Waals surface area contributed by atoms with Crippen LogP contribution in [0.3, 0.4) is 0 Å². The summed E-state index contributed by atoms with van der Waals surface area (Å²) in [6.07, 6.45) is 3.21. The molecule has 0 heterocycles. The van der Waals surface area contributed by atoms with Crippen LogP contribution in [0.5, 0.6) is 0 Å². The minimum absolute atomic E-state index is 0.277. The van der Waals surface area contributed by atoms with Gasteiger partial charge in [0.15, 0.2) is 0 Å². The molecule has 1 aromatic rings. The van der Waals surface area contributed by atoms with Crippen LogP contribution in [0, 0.1) is 5.82 Å². The first kappa shape index (κ1) is 13.8. The van der Waals surface area contributed by atoms with Crippen molar-refractivity contribution in [2.24, 2.45) is 0 Å². The summed E-state index contributed by atoms with van der Waals surface area (Å²) < 4.78 is 13.0. The molecule has 1 nitrogen and oxygen atoms in total. The van der Waals surface area contributed by atoms with Crippen molar-refractivity contribution in [3.8, 4) is 0 Å². The van der Waals surface area contributed by atoms with E-state index in [1.54, 1.807) is 6.07 Å². The average Bonchev–Trinajstić information content (AvgIpc) is 2.22. The van der Waals surface area contributed by atoms with Gasteiger partial charge in [-0.15, -0.1) is 0 Å². The molecule has 90 valence electrons. The molecule has 0 aromatic heterocycles. The Hall–Kier alpha value is -0.250. The van der Waals surface area contributed by atoms with Crippen LogP contribution in [0.15, 0.2) is 18.2 Å². The number of benzene rings is 1. The third-order valence-corrected chi connectivity index (χ3v) is 3.19. The van der Waals surface area contributed by atoms with Gasteiger partial charge in [-0.1, -0.05) is 11.6 Å². The lowest BCUT2D eigenvalue weighted by molar-refractivity contribution is 0.535. The average molecular weight is 262 g/mol. The highest BCUT2D eigenvalue weighted by Crippen LogP contribution is 2.14. The standard InChI is InChI=1S/C12H17ClFNS/c1-9(3-4-16-2)15-8-10-5-11(13)7-12(14)6-10/h5-7,9,15H,3-4,8H2,1-2H3. The predicted molar refractivity (Wildman–Crippen MR) is 70.7 cm³/mol. The Balaban J connectivity index is 2.41. The lowest BCUT2D eigenvalue weighted by Gasteiger charge is -2.13. The molecule has 0 bridgehead atoms. The summed E-state index contributed by atoms with van der Waals surface area (Å²) in [5.41, 5.74) is 0.890. The van der Waals surface area contributed by atoms with Gasteiger partial charge in [-0.3, -0.25) is 0 Å². The van der Waals surface area contributed by atoms with E-state index in [9.17, 15) is 4.39 Å². The summed E-state index contributed by atoms with van der Waals surface area (Å²) in [7, 11) is 0. The molecule has 1 N–H and O–H groups in total. The molecule has 0 saturated carbocycles. The Morgan fingerprint density at radius 3 is 2.81 bits per heavy atom. The molecule has 1 unspecified atom stereocenters. The van der Waals surface area contributed by atoms with Gasteiger partial charge in [0.2, 0.25) is 0 Å². The summed E-state index contributed by atoms with van der Waals surface area (Å²) in [5, 5.41) is 3.80. The first-order valence-corrected chi connectivity index (χ1v) is 7.06. The molecule has 16 heavy (non-hydrogen) atoms. The Morgan fingerprint density at radius 1 is 1.44 bits per heavy atom. The first-order chi connectivity index (χ1) is 7.61. The van der Waals surface area contributed by atoms with Gasteiger partial charge in [0, 0.05) is 17.6 Å². The van der Waals surface area contributed by atoms with E-state index >= 15 is 0 Å². The highest BCUT2D eigenvalue weighted by atomic mass is 35.5. The largest absolute Gasteiger partial charge is 0.310 e. The fourth-order valence-electron chi connectivity index (χ4n) is 1.40. The maximum absolute atomic E-state index is 13.0. The molecule has 0 radical (unpaired) electrons. The minimum atomic E-state index is -0.277. The van der Waals surface area contributed by atoms with Crippen molar-refractivity contribution in [2.45, 2.75) is 25.9 Å². The number of rotatable bonds is 6. The lowest BCUT2D eigenvalue weighted by Crippen LogP contribution is -2.26. The van der Waals surface area contributed by atoms with Crippen molar-refractivity contribution in [3.63, 3.8) is 0 Å². The molecule has 1 rings (SSSR count). The van der Waals surface area contributed by atoms with Crippen LogP contribution in [0.1, 0.15) is 18.9 Å². The maximum atomic E-state index is 13.0. The van der Waals surface area contributed by atoms with Gasteiger partial charge in [-0.2, -0.15) is 11.8 Å². The van der Waals surface area contributed by atoms with E-state index < -0.39 is 0 Å². The summed E-state index contributed by atoms with van der Waals surface area (Å²) >= 11 is 7.61. The molecule has 0 aliphatic rings. The Labute approximate surface area is 106 Å². The Bertz CT molecular complexity index is 313. The van der Waals surface area contributed by atoms with Crippen molar-refractivity contribution >= 4 is 23.4 Å². The molecular weight excluding hydrogens is 245 g/mol. The Morgan fingerprint density at radius 2 is 2.19 bits per heavy atom.